The molecule has 38 heavy (non-hydrogen) atoms. The van der Waals surface area contributed by atoms with Gasteiger partial charge in [0.2, 0.25) is 0 Å². The van der Waals surface area contributed by atoms with Crippen LogP contribution >= 0.6 is 0 Å². The lowest BCUT2D eigenvalue weighted by Crippen LogP contribution is -3.00. The van der Waals surface area contributed by atoms with Gasteiger partial charge in [0.1, 0.15) is 0 Å². The Morgan fingerprint density at radius 1 is 0.658 bits per heavy atom. The second-order valence-corrected chi connectivity index (χ2v) is 11.7. The van der Waals surface area contributed by atoms with E-state index in [1.54, 1.807) is 0 Å². The predicted octanol–water partition coefficient (Wildman–Crippen LogP) is -2.06. The molecule has 2 aliphatic rings. The number of likely N-dealkylation sites (N-methyl/N-ethyl adjacent to an activating group) is 2. The highest BCUT2D eigenvalue weighted by atomic mass is 79.9. The van der Waals surface area contributed by atoms with Gasteiger partial charge in [-0.05, 0) is 50.4 Å². The quantitative estimate of drug-likeness (QED) is 0.306. The zero-order valence-electron chi connectivity index (χ0n) is 22.8. The number of rotatable bonds is 9. The molecule has 2 aromatic carbocycles. The van der Waals surface area contributed by atoms with Crippen molar-refractivity contribution >= 4 is 11.8 Å². The SMILES string of the molecule is C[N+]1(C(C(N)=O)c2ccccc2)CCC(CCC2CC[N+](C)(C(C(N)=O)c3ccccc3)CC2)CC1.[Br-].[Br-]. The monoisotopic (exact) mass is 650 g/mol. The molecule has 2 unspecified atom stereocenters. The summed E-state index contributed by atoms with van der Waals surface area (Å²) >= 11 is 0. The third kappa shape index (κ3) is 7.46. The van der Waals surface area contributed by atoms with E-state index in [4.69, 9.17) is 11.5 Å². The summed E-state index contributed by atoms with van der Waals surface area (Å²) in [6.45, 7) is 3.96. The van der Waals surface area contributed by atoms with E-state index in [1.165, 1.54) is 12.8 Å². The molecule has 0 spiro atoms. The van der Waals surface area contributed by atoms with Crippen molar-refractivity contribution in [2.45, 2.75) is 50.6 Å². The number of amides is 2. The van der Waals surface area contributed by atoms with Gasteiger partial charge in [-0.1, -0.05) is 60.7 Å². The third-order valence-electron chi connectivity index (χ3n) is 9.19. The highest BCUT2D eigenvalue weighted by molar-refractivity contribution is 5.80. The number of likely N-dealkylation sites (tertiary alicyclic amines) is 2. The normalized spacial score (nSPS) is 28.7. The molecular formula is C30H44Br2N4O2. The van der Waals surface area contributed by atoms with Crippen LogP contribution in [-0.2, 0) is 9.59 Å². The lowest BCUT2D eigenvalue weighted by atomic mass is 9.83. The molecule has 2 aliphatic heterocycles. The number of hydrogen-bond donors (Lipinski definition) is 2. The maximum Gasteiger partial charge on any atom is 0.280 e. The summed E-state index contributed by atoms with van der Waals surface area (Å²) in [4.78, 5) is 24.9. The third-order valence-corrected chi connectivity index (χ3v) is 9.19. The van der Waals surface area contributed by atoms with Gasteiger partial charge < -0.3 is 54.4 Å². The molecule has 0 aromatic heterocycles. The molecule has 2 aromatic rings. The zero-order chi connectivity index (χ0) is 25.8. The van der Waals surface area contributed by atoms with E-state index in [1.807, 2.05) is 60.7 Å². The maximum absolute atomic E-state index is 12.4. The van der Waals surface area contributed by atoms with Crippen LogP contribution < -0.4 is 45.4 Å². The van der Waals surface area contributed by atoms with Gasteiger partial charge in [-0.15, -0.1) is 0 Å². The van der Waals surface area contributed by atoms with Crippen LogP contribution in [0.3, 0.4) is 0 Å². The second-order valence-electron chi connectivity index (χ2n) is 11.7. The van der Waals surface area contributed by atoms with E-state index in [0.717, 1.165) is 63.0 Å². The Balaban J connectivity index is 0.00000253. The average molecular weight is 653 g/mol. The van der Waals surface area contributed by atoms with Crippen LogP contribution in [-0.4, -0.2) is 61.1 Å². The molecule has 2 heterocycles. The summed E-state index contributed by atoms with van der Waals surface area (Å²) in [5.41, 5.74) is 13.8. The highest BCUT2D eigenvalue weighted by Gasteiger charge is 2.43. The number of hydrogen-bond acceptors (Lipinski definition) is 2. The van der Waals surface area contributed by atoms with Gasteiger partial charge in [0.25, 0.3) is 11.8 Å². The standard InChI is InChI=1S/C30H42N4O2.2BrH/c1-33(27(29(31)35)25-9-5-3-6-10-25)19-15-23(16-20-33)13-14-24-17-21-34(2,22-18-24)28(30(32)36)26-11-7-4-8-12-26;;/h3-12,23-24,27-28H,13-22H2,1-2H3,(H2-2,31,32,35,36);2*1H. The summed E-state index contributed by atoms with van der Waals surface area (Å²) in [5.74, 6) is 0.975. The number of primary amides is 2. The number of halogens is 2. The molecule has 2 fully saturated rings. The van der Waals surface area contributed by atoms with Gasteiger partial charge in [0, 0.05) is 11.1 Å². The van der Waals surface area contributed by atoms with Gasteiger partial charge in [-0.3, -0.25) is 9.59 Å². The Hall–Kier alpha value is -1.74. The van der Waals surface area contributed by atoms with Crippen molar-refractivity contribution < 1.29 is 52.5 Å². The van der Waals surface area contributed by atoms with Crippen molar-refractivity contribution in [1.82, 2.24) is 0 Å². The number of nitrogens with zero attached hydrogens (tertiary/aromatic N) is 2. The van der Waals surface area contributed by atoms with Crippen LogP contribution in [0.1, 0.15) is 61.7 Å². The van der Waals surface area contributed by atoms with Gasteiger partial charge in [-0.25, -0.2) is 0 Å². The summed E-state index contributed by atoms with van der Waals surface area (Å²) in [6.07, 6.45) is 7.07. The minimum absolute atomic E-state index is 0. The number of carbonyl (C=O) groups excluding carboxylic acids is 2. The Morgan fingerprint density at radius 2 is 0.947 bits per heavy atom. The van der Waals surface area contributed by atoms with Crippen LogP contribution in [0.5, 0.6) is 0 Å². The van der Waals surface area contributed by atoms with Crippen LogP contribution in [0.25, 0.3) is 0 Å². The topological polar surface area (TPSA) is 86.2 Å². The van der Waals surface area contributed by atoms with E-state index in [9.17, 15) is 9.59 Å². The predicted molar refractivity (Wildman–Crippen MR) is 143 cm³/mol. The number of benzene rings is 2. The molecule has 0 aliphatic carbocycles. The first-order chi connectivity index (χ1) is 17.2. The summed E-state index contributed by atoms with van der Waals surface area (Å²) in [5, 5.41) is 0. The Bertz CT molecular complexity index is 938. The lowest BCUT2D eigenvalue weighted by Gasteiger charge is -2.46. The fourth-order valence-corrected chi connectivity index (χ4v) is 6.92. The lowest BCUT2D eigenvalue weighted by molar-refractivity contribution is -0.936. The van der Waals surface area contributed by atoms with Gasteiger partial charge >= 0.3 is 0 Å². The van der Waals surface area contributed by atoms with Gasteiger partial charge in [0.15, 0.2) is 12.1 Å². The molecule has 210 valence electrons. The molecule has 0 saturated carbocycles. The first-order valence-electron chi connectivity index (χ1n) is 13.6. The van der Waals surface area contributed by atoms with Crippen LogP contribution in [0.2, 0.25) is 0 Å². The van der Waals surface area contributed by atoms with Crippen LogP contribution in [0.4, 0.5) is 0 Å². The van der Waals surface area contributed by atoms with Gasteiger partial charge in [0.05, 0.1) is 40.3 Å². The van der Waals surface area contributed by atoms with E-state index in [2.05, 4.69) is 14.1 Å². The molecular weight excluding hydrogens is 608 g/mol. The first-order valence-corrected chi connectivity index (χ1v) is 13.6. The molecule has 6 nitrogen and oxygen atoms in total. The molecule has 2 saturated heterocycles. The molecule has 4 rings (SSSR count). The average Bonchev–Trinajstić information content (AvgIpc) is 2.86. The number of nitrogens with two attached hydrogens (primary N) is 2. The molecule has 8 heteroatoms. The van der Waals surface area contributed by atoms with Crippen molar-refractivity contribution in [1.29, 1.82) is 0 Å². The van der Waals surface area contributed by atoms with Crippen molar-refractivity contribution in [3.8, 4) is 0 Å². The fraction of sp³-hybridized carbons (Fsp3) is 0.533. The second kappa shape index (κ2) is 14.1. The van der Waals surface area contributed by atoms with Crippen LogP contribution in [0, 0.1) is 11.8 Å². The smallest absolute Gasteiger partial charge is 0.280 e. The Labute approximate surface area is 249 Å². The fourth-order valence-electron chi connectivity index (χ4n) is 6.92. The minimum Gasteiger partial charge on any atom is -1.00 e. The largest absolute Gasteiger partial charge is 1.00 e. The summed E-state index contributed by atoms with van der Waals surface area (Å²) in [7, 11) is 4.39. The Morgan fingerprint density at radius 3 is 1.21 bits per heavy atom. The summed E-state index contributed by atoms with van der Waals surface area (Å²) in [6, 6.07) is 19.5. The highest BCUT2D eigenvalue weighted by Crippen LogP contribution is 2.38. The first kappa shape index (κ1) is 32.5. The number of quaternary nitrogens is 2. The number of carbonyl (C=O) groups is 2. The van der Waals surface area contributed by atoms with Crippen molar-refractivity contribution in [2.75, 3.05) is 40.3 Å². The number of piperidine rings is 2. The van der Waals surface area contributed by atoms with Gasteiger partial charge in [-0.2, -0.15) is 0 Å². The maximum atomic E-state index is 12.4. The molecule has 0 bridgehead atoms. The van der Waals surface area contributed by atoms with Crippen LogP contribution in [0.15, 0.2) is 60.7 Å². The van der Waals surface area contributed by atoms with Crippen molar-refractivity contribution in [3.63, 3.8) is 0 Å². The van der Waals surface area contributed by atoms with Crippen molar-refractivity contribution in [3.05, 3.63) is 71.8 Å². The van der Waals surface area contributed by atoms with E-state index >= 15 is 0 Å². The molecule has 4 N–H and O–H groups in total. The summed E-state index contributed by atoms with van der Waals surface area (Å²) < 4.78 is 1.42. The minimum atomic E-state index is -0.274. The Kier molecular flexibility index (Phi) is 12.0. The van der Waals surface area contributed by atoms with E-state index in [0.29, 0.717) is 20.8 Å². The zero-order valence-corrected chi connectivity index (χ0v) is 25.9. The van der Waals surface area contributed by atoms with E-state index in [-0.39, 0.29) is 57.9 Å². The molecule has 2 atom stereocenters. The van der Waals surface area contributed by atoms with Crippen molar-refractivity contribution in [2.24, 2.45) is 23.3 Å². The molecule has 0 radical (unpaired) electrons. The van der Waals surface area contributed by atoms with E-state index < -0.39 is 0 Å². The molecule has 2 amide bonds.